The van der Waals surface area contributed by atoms with Crippen molar-refractivity contribution in [3.8, 4) is 0 Å². The summed E-state index contributed by atoms with van der Waals surface area (Å²) in [6, 6.07) is 13.1. The van der Waals surface area contributed by atoms with Gasteiger partial charge in [0.15, 0.2) is 5.62 Å². The highest BCUT2D eigenvalue weighted by Gasteiger charge is 2.30. The summed E-state index contributed by atoms with van der Waals surface area (Å²) in [5.41, 5.74) is 8.71. The van der Waals surface area contributed by atoms with E-state index in [-0.39, 0.29) is 19.5 Å². The number of benzene rings is 1. The number of nitrogens with one attached hydrogen (secondary N) is 1. The summed E-state index contributed by atoms with van der Waals surface area (Å²) in [5, 5.41) is 3.55. The van der Waals surface area contributed by atoms with Gasteiger partial charge in [-0.3, -0.25) is 9.36 Å². The van der Waals surface area contributed by atoms with Crippen molar-refractivity contribution in [2.75, 3.05) is 12.4 Å². The smallest absolute Gasteiger partial charge is 0.334 e. The van der Waals surface area contributed by atoms with Gasteiger partial charge in [0.05, 0.1) is 11.6 Å². The second-order valence-corrected chi connectivity index (χ2v) is 11.8. The third kappa shape index (κ3) is 9.59. The Morgan fingerprint density at radius 2 is 1.97 bits per heavy atom. The second-order valence-electron chi connectivity index (χ2n) is 7.52. The number of nitrogens with two attached hydrogens (primary N) is 1. The van der Waals surface area contributed by atoms with Gasteiger partial charge in [-0.2, -0.15) is 0 Å². The number of hydrogen-bond acceptors (Lipinski definition) is 7. The summed E-state index contributed by atoms with van der Waals surface area (Å²) in [4.78, 5) is 11.6. The molecule has 0 fully saturated rings. The first kappa shape index (κ1) is 29.3. The molecule has 6 nitrogen and oxygen atoms in total. The molecule has 2 aromatic rings. The van der Waals surface area contributed by atoms with Gasteiger partial charge in [-0.15, -0.1) is 0 Å². The summed E-state index contributed by atoms with van der Waals surface area (Å²) in [5.74, 6) is 1.44. The summed E-state index contributed by atoms with van der Waals surface area (Å²) < 4.78 is 25.5. The summed E-state index contributed by atoms with van der Waals surface area (Å²) in [6.07, 6.45) is 0.825. The predicted octanol–water partition coefficient (Wildman–Crippen LogP) is 6.40. The van der Waals surface area contributed by atoms with Crippen molar-refractivity contribution in [3.63, 3.8) is 0 Å². The van der Waals surface area contributed by atoms with Crippen molar-refractivity contribution in [2.45, 2.75) is 41.2 Å². The van der Waals surface area contributed by atoms with Crippen LogP contribution in [0.4, 0.5) is 0 Å². The average molecular weight is 511 g/mol. The lowest BCUT2D eigenvalue weighted by molar-refractivity contribution is 0.330. The predicted molar refractivity (Wildman–Crippen MR) is 144 cm³/mol. The van der Waals surface area contributed by atoms with Crippen LogP contribution in [0.2, 0.25) is 0 Å². The lowest BCUT2D eigenvalue weighted by Gasteiger charge is -2.18. The Hall–Kier alpha value is -1.70. The lowest BCUT2D eigenvalue weighted by Crippen LogP contribution is -2.21. The number of thioether (sulfide) groups is 2. The lowest BCUT2D eigenvalue weighted by atomic mass is 10.1. The summed E-state index contributed by atoms with van der Waals surface area (Å²) in [6.45, 7) is 10.5. The first-order valence-electron chi connectivity index (χ1n) is 10.3. The minimum absolute atomic E-state index is 0. The molecule has 1 heterocycles. The van der Waals surface area contributed by atoms with E-state index in [0.29, 0.717) is 29.0 Å². The highest BCUT2D eigenvalue weighted by molar-refractivity contribution is 8.11. The SMILES string of the molecule is C.C=C(N)S/C(CC(C)C)=C(\C)c1ccc(P(=O)(NCc2ccccc2)OCCSC=O)o1. The van der Waals surface area contributed by atoms with Crippen LogP contribution >= 0.6 is 31.0 Å². The van der Waals surface area contributed by atoms with Gasteiger partial charge in [-0.25, -0.2) is 5.09 Å². The number of carbonyl (C=O) groups is 1. The van der Waals surface area contributed by atoms with Crippen LogP contribution in [0.1, 0.15) is 45.9 Å². The fourth-order valence-corrected chi connectivity index (χ4v) is 5.85. The number of allylic oxidation sites excluding steroid dienone is 2. The molecule has 182 valence electrons. The molecule has 0 bridgehead atoms. The molecule has 0 aliphatic rings. The standard InChI is InChI=1S/C23H31N2O4PS2.CH4/c1-17(2)14-22(32-19(4)24)18(3)21-10-11-23(29-21)30(27,28-12-13-31-16-26)25-15-20-8-6-5-7-9-20;/h5-11,16-17H,4,12-15,24H2,1-3H3,(H,25,27);1H4/b22-18+;. The molecule has 3 N–H and O–H groups in total. The maximum atomic E-state index is 13.7. The van der Waals surface area contributed by atoms with Gasteiger partial charge in [0.25, 0.3) is 0 Å². The number of rotatable bonds is 14. The molecular formula is C24H35N2O4PS2. The highest BCUT2D eigenvalue weighted by Crippen LogP contribution is 2.43. The fourth-order valence-electron chi connectivity index (χ4n) is 2.87. The van der Waals surface area contributed by atoms with E-state index in [1.54, 1.807) is 12.1 Å². The van der Waals surface area contributed by atoms with Crippen LogP contribution in [0.25, 0.3) is 5.57 Å². The molecule has 0 aliphatic heterocycles. The molecule has 1 unspecified atom stereocenters. The first-order valence-corrected chi connectivity index (χ1v) is 13.8. The highest BCUT2D eigenvalue weighted by atomic mass is 32.2. The van der Waals surface area contributed by atoms with E-state index in [9.17, 15) is 9.36 Å². The minimum Gasteiger partial charge on any atom is -0.450 e. The normalized spacial score (nSPS) is 13.7. The van der Waals surface area contributed by atoms with Gasteiger partial charge in [0.2, 0.25) is 5.50 Å². The zero-order valence-corrected chi connectivity index (χ0v) is 21.2. The van der Waals surface area contributed by atoms with E-state index in [4.69, 9.17) is 14.7 Å². The summed E-state index contributed by atoms with van der Waals surface area (Å²) >= 11 is 2.49. The molecule has 1 aromatic heterocycles. The van der Waals surface area contributed by atoms with E-state index >= 15 is 0 Å². The molecule has 0 radical (unpaired) electrons. The third-order valence-corrected chi connectivity index (χ3v) is 7.86. The van der Waals surface area contributed by atoms with Crippen LogP contribution in [0.3, 0.4) is 0 Å². The van der Waals surface area contributed by atoms with Crippen LogP contribution in [-0.2, 0) is 20.4 Å². The molecule has 0 spiro atoms. The van der Waals surface area contributed by atoms with E-state index in [1.807, 2.05) is 37.3 Å². The van der Waals surface area contributed by atoms with Crippen LogP contribution in [0.5, 0.6) is 0 Å². The van der Waals surface area contributed by atoms with Crippen LogP contribution in [0.15, 0.2) is 63.4 Å². The van der Waals surface area contributed by atoms with Gasteiger partial charge in [0, 0.05) is 17.9 Å². The Morgan fingerprint density at radius 1 is 1.27 bits per heavy atom. The Labute approximate surface area is 206 Å². The van der Waals surface area contributed by atoms with Crippen molar-refractivity contribution < 1.29 is 18.3 Å². The molecule has 9 heteroatoms. The van der Waals surface area contributed by atoms with Crippen LogP contribution in [0, 0.1) is 5.92 Å². The van der Waals surface area contributed by atoms with Crippen LogP contribution in [-0.4, -0.2) is 18.0 Å². The van der Waals surface area contributed by atoms with Gasteiger partial charge >= 0.3 is 7.52 Å². The van der Waals surface area contributed by atoms with Crippen molar-refractivity contribution >= 4 is 47.7 Å². The van der Waals surface area contributed by atoms with E-state index in [0.717, 1.165) is 39.8 Å². The van der Waals surface area contributed by atoms with Gasteiger partial charge in [0.1, 0.15) is 5.76 Å². The van der Waals surface area contributed by atoms with Crippen molar-refractivity contribution in [1.82, 2.24) is 5.09 Å². The van der Waals surface area contributed by atoms with E-state index in [2.05, 4.69) is 25.5 Å². The zero-order chi connectivity index (χ0) is 23.6. The molecule has 0 saturated carbocycles. The zero-order valence-electron chi connectivity index (χ0n) is 18.7. The summed E-state index contributed by atoms with van der Waals surface area (Å²) in [7, 11) is -3.50. The average Bonchev–Trinajstić information content (AvgIpc) is 3.25. The van der Waals surface area contributed by atoms with E-state index in [1.165, 1.54) is 11.8 Å². The Bertz CT molecular complexity index is 974. The van der Waals surface area contributed by atoms with Gasteiger partial charge in [-0.1, -0.05) is 81.7 Å². The minimum atomic E-state index is -3.50. The van der Waals surface area contributed by atoms with Crippen molar-refractivity contribution in [2.24, 2.45) is 11.7 Å². The van der Waals surface area contributed by atoms with Crippen molar-refractivity contribution in [1.29, 1.82) is 0 Å². The third-order valence-electron chi connectivity index (χ3n) is 4.39. The van der Waals surface area contributed by atoms with E-state index < -0.39 is 7.52 Å². The van der Waals surface area contributed by atoms with Gasteiger partial charge in [-0.05, 0) is 41.9 Å². The number of furan rings is 1. The Morgan fingerprint density at radius 3 is 2.58 bits per heavy atom. The monoisotopic (exact) mass is 510 g/mol. The number of hydrogen-bond donors (Lipinski definition) is 2. The molecule has 1 aromatic carbocycles. The van der Waals surface area contributed by atoms with Gasteiger partial charge < -0.3 is 14.7 Å². The molecule has 2 rings (SSSR count). The quantitative estimate of drug-likeness (QED) is 0.171. The molecule has 33 heavy (non-hydrogen) atoms. The molecule has 0 saturated heterocycles. The number of carbonyl (C=O) groups excluding carboxylic acids is 1. The first-order chi connectivity index (χ1) is 15.2. The molecule has 0 amide bonds. The van der Waals surface area contributed by atoms with Crippen LogP contribution < -0.4 is 16.3 Å². The Kier molecular flexibility index (Phi) is 12.9. The maximum Gasteiger partial charge on any atom is 0.334 e. The Balaban J connectivity index is 0.00000544. The van der Waals surface area contributed by atoms with Crippen molar-refractivity contribution in [3.05, 3.63) is 70.3 Å². The molecule has 1 atom stereocenters. The fraction of sp³-hybridized carbons (Fsp3) is 0.375. The molecule has 0 aliphatic carbocycles. The largest absolute Gasteiger partial charge is 0.450 e. The maximum absolute atomic E-state index is 13.7. The second kappa shape index (κ2) is 14.5. The molecular weight excluding hydrogens is 475 g/mol. The topological polar surface area (TPSA) is 94.6 Å².